The van der Waals surface area contributed by atoms with Crippen molar-refractivity contribution < 1.29 is 4.42 Å². The van der Waals surface area contributed by atoms with E-state index in [4.69, 9.17) is 4.42 Å². The number of nitrogens with zero attached hydrogens (tertiary/aromatic N) is 2. The molecule has 12 aromatic rings. The zero-order chi connectivity index (χ0) is 38.9. The van der Waals surface area contributed by atoms with Crippen LogP contribution in [0.1, 0.15) is 0 Å². The van der Waals surface area contributed by atoms with Crippen molar-refractivity contribution in [3.63, 3.8) is 0 Å². The van der Waals surface area contributed by atoms with Gasteiger partial charge in [-0.25, -0.2) is 0 Å². The highest BCUT2D eigenvalue weighted by molar-refractivity contribution is 6.26. The van der Waals surface area contributed by atoms with E-state index in [9.17, 15) is 0 Å². The van der Waals surface area contributed by atoms with Gasteiger partial charge >= 0.3 is 0 Å². The summed E-state index contributed by atoms with van der Waals surface area (Å²) in [7, 11) is 0. The Morgan fingerprint density at radius 3 is 1.83 bits per heavy atom. The summed E-state index contributed by atoms with van der Waals surface area (Å²) < 4.78 is 9.29. The molecular formula is C56H36N2O. The van der Waals surface area contributed by atoms with Crippen LogP contribution in [0.3, 0.4) is 0 Å². The lowest BCUT2D eigenvalue weighted by molar-refractivity contribution is 0.669. The molecule has 3 heteroatoms. The van der Waals surface area contributed by atoms with Crippen LogP contribution in [-0.4, -0.2) is 4.57 Å². The zero-order valence-electron chi connectivity index (χ0n) is 32.1. The summed E-state index contributed by atoms with van der Waals surface area (Å²) in [6.07, 6.45) is 0. The van der Waals surface area contributed by atoms with Gasteiger partial charge in [0.25, 0.3) is 0 Å². The molecule has 0 aliphatic rings. The average Bonchev–Trinajstić information content (AvgIpc) is 3.86. The number of aromatic nitrogens is 1. The van der Waals surface area contributed by atoms with E-state index in [1.165, 1.54) is 49.1 Å². The number of furan rings is 1. The molecule has 0 atom stereocenters. The second kappa shape index (κ2) is 13.4. The van der Waals surface area contributed by atoms with Gasteiger partial charge in [0.15, 0.2) is 0 Å². The van der Waals surface area contributed by atoms with E-state index in [-0.39, 0.29) is 0 Å². The minimum Gasteiger partial charge on any atom is -0.456 e. The molecule has 0 saturated heterocycles. The highest BCUT2D eigenvalue weighted by Gasteiger charge is 2.23. The third kappa shape index (κ3) is 5.36. The van der Waals surface area contributed by atoms with Crippen molar-refractivity contribution in [2.24, 2.45) is 0 Å². The molecule has 59 heavy (non-hydrogen) atoms. The molecule has 0 saturated carbocycles. The van der Waals surface area contributed by atoms with E-state index in [1.54, 1.807) is 0 Å². The minimum atomic E-state index is 0.855. The number of hydrogen-bond acceptors (Lipinski definition) is 2. The first kappa shape index (κ1) is 33.3. The number of rotatable bonds is 6. The first-order valence-corrected chi connectivity index (χ1v) is 20.2. The lowest BCUT2D eigenvalue weighted by atomic mass is 9.93. The molecule has 0 N–H and O–H groups in total. The van der Waals surface area contributed by atoms with Crippen molar-refractivity contribution >= 4 is 82.4 Å². The quantitative estimate of drug-likeness (QED) is 0.169. The predicted molar refractivity (Wildman–Crippen MR) is 249 cm³/mol. The molecule has 2 heterocycles. The summed E-state index contributed by atoms with van der Waals surface area (Å²) in [5.74, 6) is 0. The maximum absolute atomic E-state index is 6.92. The van der Waals surface area contributed by atoms with Crippen LogP contribution in [0, 0.1) is 0 Å². The van der Waals surface area contributed by atoms with Crippen molar-refractivity contribution in [3.8, 4) is 27.9 Å². The van der Waals surface area contributed by atoms with E-state index in [0.29, 0.717) is 0 Å². The van der Waals surface area contributed by atoms with Gasteiger partial charge in [-0.05, 0) is 117 Å². The van der Waals surface area contributed by atoms with Gasteiger partial charge < -0.3 is 13.9 Å². The largest absolute Gasteiger partial charge is 0.456 e. The molecule has 0 aliphatic carbocycles. The Hall–Kier alpha value is -7.88. The summed E-state index contributed by atoms with van der Waals surface area (Å²) in [6.45, 7) is 0. The van der Waals surface area contributed by atoms with Crippen molar-refractivity contribution in [1.82, 2.24) is 4.57 Å². The Balaban J connectivity index is 1.08. The van der Waals surface area contributed by atoms with Crippen LogP contribution in [0.15, 0.2) is 223 Å². The topological polar surface area (TPSA) is 21.3 Å². The van der Waals surface area contributed by atoms with Gasteiger partial charge in [-0.3, -0.25) is 0 Å². The molecule has 10 aromatic carbocycles. The molecule has 0 unspecified atom stereocenters. The molecule has 0 amide bonds. The third-order valence-corrected chi connectivity index (χ3v) is 11.9. The second-order valence-electron chi connectivity index (χ2n) is 15.3. The molecule has 0 fully saturated rings. The molecule has 12 rings (SSSR count). The summed E-state index contributed by atoms with van der Waals surface area (Å²) in [6, 6.07) is 78.6. The average molecular weight is 753 g/mol. The van der Waals surface area contributed by atoms with Gasteiger partial charge in [0, 0.05) is 33.2 Å². The van der Waals surface area contributed by atoms with Crippen molar-refractivity contribution in [3.05, 3.63) is 218 Å². The van der Waals surface area contributed by atoms with Crippen molar-refractivity contribution in [2.75, 3.05) is 4.90 Å². The number of hydrogen-bond donors (Lipinski definition) is 0. The third-order valence-electron chi connectivity index (χ3n) is 11.9. The smallest absolute Gasteiger partial charge is 0.137 e. The molecule has 0 aliphatic heterocycles. The van der Waals surface area contributed by atoms with Crippen LogP contribution in [0.4, 0.5) is 17.1 Å². The molecule has 276 valence electrons. The molecule has 3 nitrogen and oxygen atoms in total. The Labute approximate surface area is 341 Å². The predicted octanol–water partition coefficient (Wildman–Crippen LogP) is 15.8. The van der Waals surface area contributed by atoms with Crippen LogP contribution in [0.2, 0.25) is 0 Å². The van der Waals surface area contributed by atoms with Gasteiger partial charge in [0.1, 0.15) is 11.2 Å². The highest BCUT2D eigenvalue weighted by Crippen LogP contribution is 2.47. The fraction of sp³-hybridized carbons (Fsp3) is 0. The lowest BCUT2D eigenvalue weighted by Crippen LogP contribution is -2.10. The number of para-hydroxylation sites is 2. The summed E-state index contributed by atoms with van der Waals surface area (Å²) in [5.41, 5.74) is 13.2. The van der Waals surface area contributed by atoms with Gasteiger partial charge in [-0.2, -0.15) is 0 Å². The Morgan fingerprint density at radius 2 is 1.00 bits per heavy atom. The number of fused-ring (bicyclic) bond motifs is 9. The van der Waals surface area contributed by atoms with Crippen LogP contribution in [0.5, 0.6) is 0 Å². The Bertz CT molecular complexity index is 3540. The van der Waals surface area contributed by atoms with E-state index >= 15 is 0 Å². The number of anilines is 3. The second-order valence-corrected chi connectivity index (χ2v) is 15.3. The van der Waals surface area contributed by atoms with Gasteiger partial charge in [-0.15, -0.1) is 0 Å². The van der Waals surface area contributed by atoms with Gasteiger partial charge in [-0.1, -0.05) is 146 Å². The van der Waals surface area contributed by atoms with Crippen LogP contribution in [-0.2, 0) is 0 Å². The number of benzene rings is 10. The van der Waals surface area contributed by atoms with Crippen molar-refractivity contribution in [2.45, 2.75) is 0 Å². The van der Waals surface area contributed by atoms with E-state index in [1.807, 2.05) is 0 Å². The van der Waals surface area contributed by atoms with Crippen LogP contribution < -0.4 is 4.90 Å². The monoisotopic (exact) mass is 752 g/mol. The van der Waals surface area contributed by atoms with Crippen LogP contribution >= 0.6 is 0 Å². The molecule has 0 radical (unpaired) electrons. The maximum atomic E-state index is 6.92. The zero-order valence-corrected chi connectivity index (χ0v) is 32.1. The molecule has 2 aromatic heterocycles. The van der Waals surface area contributed by atoms with Gasteiger partial charge in [0.2, 0.25) is 0 Å². The maximum Gasteiger partial charge on any atom is 0.137 e. The normalized spacial score (nSPS) is 11.7. The standard InChI is InChI=1S/C56H36N2O/c1-3-14-37(15-4-1)39-26-30-43(31-27-39)57(44-32-28-38-16-7-8-17-40(38)34-44)52-24-13-25-53-56(52)55-47-22-10-9-20-45(47)48(36-54(55)59-53)41-29-33-51-49(35-41)46-21-11-12-23-50(46)58(51)42-18-5-2-6-19-42/h1-36H. The van der Waals surface area contributed by atoms with E-state index in [0.717, 1.165) is 61.2 Å². The molecular weight excluding hydrogens is 717 g/mol. The SMILES string of the molecule is c1ccc(-c2ccc(N(c3ccc4ccccc4c3)c3cccc4oc5cc(-c6ccc7c(c6)c6ccccc6n7-c6ccccc6)c6ccccc6c5c34)cc2)cc1. The Kier molecular flexibility index (Phi) is 7.54. The fourth-order valence-electron chi connectivity index (χ4n) is 9.26. The first-order valence-electron chi connectivity index (χ1n) is 20.2. The summed E-state index contributed by atoms with van der Waals surface area (Å²) in [4.78, 5) is 2.39. The summed E-state index contributed by atoms with van der Waals surface area (Å²) in [5, 5.41) is 9.42. The summed E-state index contributed by atoms with van der Waals surface area (Å²) >= 11 is 0. The minimum absolute atomic E-state index is 0.855. The molecule has 0 bridgehead atoms. The van der Waals surface area contributed by atoms with E-state index < -0.39 is 0 Å². The first-order chi connectivity index (χ1) is 29.3. The van der Waals surface area contributed by atoms with E-state index in [2.05, 4.69) is 228 Å². The fourth-order valence-corrected chi connectivity index (χ4v) is 9.26. The Morgan fingerprint density at radius 1 is 0.356 bits per heavy atom. The van der Waals surface area contributed by atoms with Crippen molar-refractivity contribution in [1.29, 1.82) is 0 Å². The van der Waals surface area contributed by atoms with Crippen LogP contribution in [0.25, 0.3) is 93.2 Å². The molecule has 0 spiro atoms. The lowest BCUT2D eigenvalue weighted by Gasteiger charge is -2.27. The highest BCUT2D eigenvalue weighted by atomic mass is 16.3. The van der Waals surface area contributed by atoms with Gasteiger partial charge in [0.05, 0.1) is 22.1 Å².